The molecule has 114 valence electrons. The van der Waals surface area contributed by atoms with Gasteiger partial charge in [0.05, 0.1) is 19.2 Å². The molecular formula is C14H25N3O2S. The maximum atomic E-state index is 11.8. The number of hydrogen-bond donors (Lipinski definition) is 2. The first kappa shape index (κ1) is 17.1. The lowest BCUT2D eigenvalue weighted by Gasteiger charge is -2.29. The molecule has 0 bridgehead atoms. The van der Waals surface area contributed by atoms with Crippen LogP contribution in [-0.2, 0) is 9.53 Å². The van der Waals surface area contributed by atoms with Gasteiger partial charge in [-0.2, -0.15) is 0 Å². The van der Waals surface area contributed by atoms with E-state index >= 15 is 0 Å². The number of nitrogens with two attached hydrogens (primary N) is 1. The summed E-state index contributed by atoms with van der Waals surface area (Å²) in [7, 11) is 3.54. The number of likely N-dealkylation sites (N-methyl/N-ethyl adjacent to an activating group) is 1. The van der Waals surface area contributed by atoms with Gasteiger partial charge in [-0.15, -0.1) is 11.3 Å². The number of aryl methyl sites for hydroxylation is 1. The molecule has 1 rings (SSSR count). The minimum Gasteiger partial charge on any atom is -0.383 e. The van der Waals surface area contributed by atoms with E-state index in [-0.39, 0.29) is 18.0 Å². The molecular weight excluding hydrogens is 274 g/mol. The average molecular weight is 299 g/mol. The Morgan fingerprint density at radius 3 is 2.75 bits per heavy atom. The highest BCUT2D eigenvalue weighted by Crippen LogP contribution is 2.28. The summed E-state index contributed by atoms with van der Waals surface area (Å²) < 4.78 is 4.91. The molecule has 0 aliphatic rings. The van der Waals surface area contributed by atoms with Gasteiger partial charge >= 0.3 is 0 Å². The van der Waals surface area contributed by atoms with Crippen molar-refractivity contribution < 1.29 is 9.53 Å². The predicted octanol–water partition coefficient (Wildman–Crippen LogP) is 1.14. The van der Waals surface area contributed by atoms with E-state index in [1.165, 1.54) is 9.75 Å². The van der Waals surface area contributed by atoms with Crippen LogP contribution in [0.25, 0.3) is 0 Å². The van der Waals surface area contributed by atoms with Crippen molar-refractivity contribution in [3.05, 3.63) is 21.9 Å². The second kappa shape index (κ2) is 8.36. The number of rotatable bonds is 8. The van der Waals surface area contributed by atoms with Gasteiger partial charge in [0.2, 0.25) is 5.91 Å². The topological polar surface area (TPSA) is 67.6 Å². The van der Waals surface area contributed by atoms with Crippen molar-refractivity contribution in [2.24, 2.45) is 5.73 Å². The molecule has 0 saturated carbocycles. The maximum Gasteiger partial charge on any atom is 0.234 e. The van der Waals surface area contributed by atoms with Crippen LogP contribution < -0.4 is 11.1 Å². The monoisotopic (exact) mass is 299 g/mol. The molecule has 0 spiro atoms. The molecule has 0 saturated heterocycles. The molecule has 1 aromatic rings. The molecule has 0 aliphatic heterocycles. The van der Waals surface area contributed by atoms with Crippen molar-refractivity contribution in [1.82, 2.24) is 10.2 Å². The van der Waals surface area contributed by atoms with Gasteiger partial charge in [0.25, 0.3) is 0 Å². The molecule has 1 amide bonds. The number of carbonyl (C=O) groups is 1. The fourth-order valence-electron chi connectivity index (χ4n) is 2.16. The quantitative estimate of drug-likeness (QED) is 0.706. The van der Waals surface area contributed by atoms with Crippen molar-refractivity contribution in [2.45, 2.75) is 25.9 Å². The van der Waals surface area contributed by atoms with Crippen LogP contribution in [0.3, 0.4) is 0 Å². The molecule has 0 radical (unpaired) electrons. The van der Waals surface area contributed by atoms with E-state index < -0.39 is 0 Å². The number of carbonyl (C=O) groups excluding carboxylic acids is 1. The minimum atomic E-state index is -0.0372. The van der Waals surface area contributed by atoms with Gasteiger partial charge in [-0.05, 0) is 33.0 Å². The van der Waals surface area contributed by atoms with Crippen LogP contribution in [0.5, 0.6) is 0 Å². The molecule has 20 heavy (non-hydrogen) atoms. The number of amides is 1. The van der Waals surface area contributed by atoms with Crippen LogP contribution in [0.2, 0.25) is 0 Å². The average Bonchev–Trinajstić information content (AvgIpc) is 2.75. The number of nitrogens with zero attached hydrogens (tertiary/aromatic N) is 1. The van der Waals surface area contributed by atoms with Crippen molar-refractivity contribution in [2.75, 3.05) is 33.9 Å². The Hall–Kier alpha value is -0.950. The van der Waals surface area contributed by atoms with E-state index in [0.29, 0.717) is 19.7 Å². The number of methoxy groups -OCH3 is 1. The Morgan fingerprint density at radius 1 is 1.55 bits per heavy atom. The Kier molecular flexibility index (Phi) is 7.15. The van der Waals surface area contributed by atoms with Gasteiger partial charge in [0.15, 0.2) is 0 Å². The molecule has 6 heteroatoms. The van der Waals surface area contributed by atoms with Gasteiger partial charge in [0.1, 0.15) is 0 Å². The van der Waals surface area contributed by atoms with Crippen LogP contribution in [0.1, 0.15) is 22.7 Å². The lowest BCUT2D eigenvalue weighted by Crippen LogP contribution is -2.43. The van der Waals surface area contributed by atoms with Crippen molar-refractivity contribution in [1.29, 1.82) is 0 Å². The maximum absolute atomic E-state index is 11.8. The van der Waals surface area contributed by atoms with Crippen LogP contribution >= 0.6 is 11.3 Å². The zero-order chi connectivity index (χ0) is 15.1. The molecule has 1 heterocycles. The zero-order valence-corrected chi connectivity index (χ0v) is 13.5. The zero-order valence-electron chi connectivity index (χ0n) is 12.7. The Bertz CT molecular complexity index is 420. The summed E-state index contributed by atoms with van der Waals surface area (Å²) in [6.07, 6.45) is 0. The molecule has 0 aromatic carbocycles. The lowest BCUT2D eigenvalue weighted by atomic mass is 10.1. The smallest absolute Gasteiger partial charge is 0.234 e. The van der Waals surface area contributed by atoms with E-state index in [0.717, 1.165) is 0 Å². The number of ether oxygens (including phenoxy) is 1. The fraction of sp³-hybridized carbons (Fsp3) is 0.643. The molecule has 3 N–H and O–H groups in total. The third-order valence-electron chi connectivity index (χ3n) is 3.05. The highest BCUT2D eigenvalue weighted by atomic mass is 32.1. The van der Waals surface area contributed by atoms with E-state index in [2.05, 4.69) is 24.4 Å². The van der Waals surface area contributed by atoms with Crippen LogP contribution in [0.15, 0.2) is 12.1 Å². The number of thiophene rings is 1. The van der Waals surface area contributed by atoms with Gasteiger partial charge in [-0.25, -0.2) is 0 Å². The van der Waals surface area contributed by atoms with Gasteiger partial charge in [-0.3, -0.25) is 9.69 Å². The third kappa shape index (κ3) is 5.20. The van der Waals surface area contributed by atoms with Crippen molar-refractivity contribution in [3.63, 3.8) is 0 Å². The normalized spacial score (nSPS) is 14.3. The first-order valence-electron chi connectivity index (χ1n) is 6.73. The van der Waals surface area contributed by atoms with E-state index in [1.807, 2.05) is 18.9 Å². The van der Waals surface area contributed by atoms with Crippen molar-refractivity contribution >= 4 is 17.2 Å². The summed E-state index contributed by atoms with van der Waals surface area (Å²) in [4.78, 5) is 16.3. The second-order valence-corrected chi connectivity index (χ2v) is 6.33. The van der Waals surface area contributed by atoms with Crippen LogP contribution in [-0.4, -0.2) is 50.7 Å². The summed E-state index contributed by atoms with van der Waals surface area (Å²) >= 11 is 1.73. The van der Waals surface area contributed by atoms with Crippen molar-refractivity contribution in [3.8, 4) is 0 Å². The highest BCUT2D eigenvalue weighted by Gasteiger charge is 2.24. The Balaban J connectivity index is 2.61. The third-order valence-corrected chi connectivity index (χ3v) is 4.12. The first-order valence-corrected chi connectivity index (χ1v) is 7.55. The summed E-state index contributed by atoms with van der Waals surface area (Å²) in [6, 6.07) is 4.20. The number of nitrogens with one attached hydrogen (secondary N) is 1. The molecule has 0 fully saturated rings. The molecule has 5 nitrogen and oxygen atoms in total. The summed E-state index contributed by atoms with van der Waals surface area (Å²) in [5, 5.41) is 2.82. The Morgan fingerprint density at radius 2 is 2.25 bits per heavy atom. The Labute approximate surface area is 125 Å². The highest BCUT2D eigenvalue weighted by molar-refractivity contribution is 7.12. The molecule has 1 aromatic heterocycles. The standard InChI is InChI=1S/C14H25N3O2S/c1-10-5-6-12(20-10)14(11(2)15)17(3)9-13(18)16-7-8-19-4/h5-6,11,14H,7-9,15H2,1-4H3,(H,16,18). The van der Waals surface area contributed by atoms with Gasteiger partial charge < -0.3 is 15.8 Å². The lowest BCUT2D eigenvalue weighted by molar-refractivity contribution is -0.122. The molecule has 0 aliphatic carbocycles. The van der Waals surface area contributed by atoms with E-state index in [1.54, 1.807) is 18.4 Å². The van der Waals surface area contributed by atoms with E-state index in [9.17, 15) is 4.79 Å². The number of hydrogen-bond acceptors (Lipinski definition) is 5. The minimum absolute atomic E-state index is 0.0107. The summed E-state index contributed by atoms with van der Waals surface area (Å²) in [6.45, 7) is 5.43. The fourth-order valence-corrected chi connectivity index (χ4v) is 3.32. The summed E-state index contributed by atoms with van der Waals surface area (Å²) in [5.41, 5.74) is 6.09. The van der Waals surface area contributed by atoms with Crippen LogP contribution in [0.4, 0.5) is 0 Å². The van der Waals surface area contributed by atoms with E-state index in [4.69, 9.17) is 10.5 Å². The molecule has 2 atom stereocenters. The first-order chi connectivity index (χ1) is 9.45. The SMILES string of the molecule is COCCNC(=O)CN(C)C(c1ccc(C)s1)C(C)N. The second-order valence-electron chi connectivity index (χ2n) is 5.01. The largest absolute Gasteiger partial charge is 0.383 e. The van der Waals surface area contributed by atoms with Crippen LogP contribution in [0, 0.1) is 6.92 Å². The van der Waals surface area contributed by atoms with Gasteiger partial charge in [0, 0.05) is 29.5 Å². The summed E-state index contributed by atoms with van der Waals surface area (Å²) in [5.74, 6) is -0.0107. The predicted molar refractivity (Wildman–Crippen MR) is 83.0 cm³/mol. The molecule has 2 unspecified atom stereocenters. The van der Waals surface area contributed by atoms with Gasteiger partial charge in [-0.1, -0.05) is 0 Å².